The Morgan fingerprint density at radius 3 is 2.62 bits per heavy atom. The van der Waals surface area contributed by atoms with Gasteiger partial charge in [-0.15, -0.1) is 0 Å². The molecule has 0 spiro atoms. The standard InChI is InChI=1S/C8H13NO3S/c9-4-1-7-2-5-13(11,12)6-3-8(7)10/h7-8,10H,1-3,5-6H2/t7-,8+/m0/s1. The molecule has 0 bridgehead atoms. The summed E-state index contributed by atoms with van der Waals surface area (Å²) in [7, 11) is -2.97. The molecule has 0 unspecified atom stereocenters. The van der Waals surface area contributed by atoms with E-state index in [1.807, 2.05) is 6.07 Å². The van der Waals surface area contributed by atoms with Crippen LogP contribution in [0.2, 0.25) is 0 Å². The first-order chi connectivity index (χ1) is 6.05. The van der Waals surface area contributed by atoms with E-state index in [1.165, 1.54) is 0 Å². The Kier molecular flexibility index (Phi) is 3.28. The number of nitriles is 1. The lowest BCUT2D eigenvalue weighted by molar-refractivity contribution is 0.107. The highest BCUT2D eigenvalue weighted by atomic mass is 32.2. The average molecular weight is 203 g/mol. The molecule has 1 aliphatic rings. The van der Waals surface area contributed by atoms with Crippen LogP contribution in [0, 0.1) is 17.2 Å². The number of nitrogens with zero attached hydrogens (tertiary/aromatic N) is 1. The zero-order chi connectivity index (χ0) is 9.90. The predicted molar refractivity (Wildman–Crippen MR) is 47.6 cm³/mol. The monoisotopic (exact) mass is 203 g/mol. The molecule has 1 N–H and O–H groups in total. The van der Waals surface area contributed by atoms with Crippen molar-refractivity contribution in [1.82, 2.24) is 0 Å². The summed E-state index contributed by atoms with van der Waals surface area (Å²) in [4.78, 5) is 0. The molecule has 4 nitrogen and oxygen atoms in total. The van der Waals surface area contributed by atoms with Gasteiger partial charge in [0, 0.05) is 6.42 Å². The molecule has 0 aromatic rings. The van der Waals surface area contributed by atoms with E-state index in [4.69, 9.17) is 5.26 Å². The van der Waals surface area contributed by atoms with Crippen LogP contribution in [-0.4, -0.2) is 31.1 Å². The van der Waals surface area contributed by atoms with Gasteiger partial charge in [-0.1, -0.05) is 0 Å². The Morgan fingerprint density at radius 1 is 1.38 bits per heavy atom. The van der Waals surface area contributed by atoms with Gasteiger partial charge < -0.3 is 5.11 Å². The maximum absolute atomic E-state index is 11.2. The predicted octanol–water partition coefficient (Wildman–Crippen LogP) is 0.0858. The maximum Gasteiger partial charge on any atom is 0.150 e. The smallest absolute Gasteiger partial charge is 0.150 e. The van der Waals surface area contributed by atoms with Crippen molar-refractivity contribution in [2.45, 2.75) is 25.4 Å². The van der Waals surface area contributed by atoms with Crippen molar-refractivity contribution < 1.29 is 13.5 Å². The van der Waals surface area contributed by atoms with E-state index in [1.54, 1.807) is 0 Å². The Labute approximate surface area is 78.1 Å². The minimum Gasteiger partial charge on any atom is -0.393 e. The molecule has 2 atom stereocenters. The van der Waals surface area contributed by atoms with Crippen molar-refractivity contribution >= 4 is 9.84 Å². The average Bonchev–Trinajstić information content (AvgIpc) is 2.18. The summed E-state index contributed by atoms with van der Waals surface area (Å²) in [6.45, 7) is 0. The van der Waals surface area contributed by atoms with Gasteiger partial charge in [0.25, 0.3) is 0 Å². The molecule has 0 amide bonds. The third kappa shape index (κ3) is 2.98. The van der Waals surface area contributed by atoms with Crippen LogP contribution in [0.5, 0.6) is 0 Å². The van der Waals surface area contributed by atoms with Crippen LogP contribution in [0.1, 0.15) is 19.3 Å². The summed E-state index contributed by atoms with van der Waals surface area (Å²) in [6, 6.07) is 1.97. The van der Waals surface area contributed by atoms with Gasteiger partial charge >= 0.3 is 0 Å². The van der Waals surface area contributed by atoms with Gasteiger partial charge in [-0.3, -0.25) is 0 Å². The molecule has 0 aromatic carbocycles. The Morgan fingerprint density at radius 2 is 2.00 bits per heavy atom. The van der Waals surface area contributed by atoms with Crippen LogP contribution in [0.4, 0.5) is 0 Å². The number of rotatable bonds is 1. The zero-order valence-electron chi connectivity index (χ0n) is 7.31. The maximum atomic E-state index is 11.2. The van der Waals surface area contributed by atoms with E-state index in [-0.39, 0.29) is 30.3 Å². The third-order valence-corrected chi connectivity index (χ3v) is 4.14. The van der Waals surface area contributed by atoms with Crippen LogP contribution in [0.25, 0.3) is 0 Å². The molecule has 1 rings (SSSR count). The quantitative estimate of drug-likeness (QED) is 0.655. The van der Waals surface area contributed by atoms with Crippen LogP contribution in [-0.2, 0) is 9.84 Å². The Balaban J connectivity index is 2.66. The van der Waals surface area contributed by atoms with Crippen LogP contribution in [0.3, 0.4) is 0 Å². The topological polar surface area (TPSA) is 78.2 Å². The molecule has 0 saturated carbocycles. The second-order valence-corrected chi connectivity index (χ2v) is 5.72. The van der Waals surface area contributed by atoms with E-state index < -0.39 is 15.9 Å². The number of hydrogen-bond acceptors (Lipinski definition) is 4. The first-order valence-electron chi connectivity index (χ1n) is 4.30. The fourth-order valence-corrected chi connectivity index (χ4v) is 2.98. The lowest BCUT2D eigenvalue weighted by Crippen LogP contribution is -2.19. The number of hydrogen-bond donors (Lipinski definition) is 1. The van der Waals surface area contributed by atoms with Crippen LogP contribution in [0.15, 0.2) is 0 Å². The van der Waals surface area contributed by atoms with E-state index in [9.17, 15) is 13.5 Å². The summed E-state index contributed by atoms with van der Waals surface area (Å²) in [5.74, 6) is -0.00533. The van der Waals surface area contributed by atoms with Gasteiger partial charge in [-0.2, -0.15) is 5.26 Å². The highest BCUT2D eigenvalue weighted by molar-refractivity contribution is 7.91. The SMILES string of the molecule is N#CC[C@H]1CCS(=O)(=O)CC[C@H]1O. The van der Waals surface area contributed by atoms with Crippen molar-refractivity contribution in [2.24, 2.45) is 5.92 Å². The van der Waals surface area contributed by atoms with Gasteiger partial charge in [0.2, 0.25) is 0 Å². The van der Waals surface area contributed by atoms with Gasteiger partial charge in [0.15, 0.2) is 0 Å². The van der Waals surface area contributed by atoms with Crippen molar-refractivity contribution in [1.29, 1.82) is 5.26 Å². The van der Waals surface area contributed by atoms with E-state index in [0.717, 1.165) is 0 Å². The summed E-state index contributed by atoms with van der Waals surface area (Å²) >= 11 is 0. The molecule has 1 heterocycles. The molecule has 1 saturated heterocycles. The van der Waals surface area contributed by atoms with E-state index in [2.05, 4.69) is 0 Å². The van der Waals surface area contributed by atoms with Gasteiger partial charge in [-0.05, 0) is 18.8 Å². The molecular weight excluding hydrogens is 190 g/mol. The number of sulfone groups is 1. The molecular formula is C8H13NO3S. The molecule has 1 fully saturated rings. The number of aliphatic hydroxyl groups excluding tert-OH is 1. The lowest BCUT2D eigenvalue weighted by atomic mass is 9.95. The summed E-state index contributed by atoms with van der Waals surface area (Å²) in [6.07, 6.45) is 0.305. The first kappa shape index (κ1) is 10.5. The van der Waals surface area contributed by atoms with Crippen molar-refractivity contribution in [2.75, 3.05) is 11.5 Å². The molecule has 0 aliphatic carbocycles. The molecule has 0 aromatic heterocycles. The summed E-state index contributed by atoms with van der Waals surface area (Å²) in [5.41, 5.74) is 0. The van der Waals surface area contributed by atoms with Gasteiger partial charge in [-0.25, -0.2) is 8.42 Å². The Bertz CT molecular complexity index is 304. The molecule has 5 heteroatoms. The van der Waals surface area contributed by atoms with E-state index >= 15 is 0 Å². The molecule has 13 heavy (non-hydrogen) atoms. The van der Waals surface area contributed by atoms with E-state index in [0.29, 0.717) is 6.42 Å². The van der Waals surface area contributed by atoms with Crippen LogP contribution >= 0.6 is 0 Å². The van der Waals surface area contributed by atoms with Gasteiger partial charge in [0.05, 0.1) is 23.7 Å². The minimum atomic E-state index is -2.97. The highest BCUT2D eigenvalue weighted by Crippen LogP contribution is 2.21. The fourth-order valence-electron chi connectivity index (χ4n) is 1.52. The zero-order valence-corrected chi connectivity index (χ0v) is 8.13. The second-order valence-electron chi connectivity index (χ2n) is 3.42. The summed E-state index contributed by atoms with van der Waals surface area (Å²) < 4.78 is 22.3. The Hall–Kier alpha value is -0.600. The largest absolute Gasteiger partial charge is 0.393 e. The van der Waals surface area contributed by atoms with Crippen molar-refractivity contribution in [3.8, 4) is 6.07 Å². The second kappa shape index (κ2) is 4.07. The molecule has 1 aliphatic heterocycles. The highest BCUT2D eigenvalue weighted by Gasteiger charge is 2.27. The lowest BCUT2D eigenvalue weighted by Gasteiger charge is -2.15. The normalized spacial score (nSPS) is 33.2. The number of aliphatic hydroxyl groups is 1. The molecule has 0 radical (unpaired) electrons. The van der Waals surface area contributed by atoms with Gasteiger partial charge in [0.1, 0.15) is 9.84 Å². The summed E-state index contributed by atoms with van der Waals surface area (Å²) in [5, 5.41) is 17.9. The minimum absolute atomic E-state index is 0.0517. The van der Waals surface area contributed by atoms with Crippen molar-refractivity contribution in [3.63, 3.8) is 0 Å². The van der Waals surface area contributed by atoms with Crippen molar-refractivity contribution in [3.05, 3.63) is 0 Å². The molecule has 74 valence electrons. The third-order valence-electron chi connectivity index (χ3n) is 2.42. The fraction of sp³-hybridized carbons (Fsp3) is 0.875. The first-order valence-corrected chi connectivity index (χ1v) is 6.13. The van der Waals surface area contributed by atoms with Crippen LogP contribution < -0.4 is 0 Å².